The van der Waals surface area contributed by atoms with Gasteiger partial charge in [0.1, 0.15) is 29.9 Å². The molecule has 9 nitrogen and oxygen atoms in total. The fourth-order valence-corrected chi connectivity index (χ4v) is 3.51. The van der Waals surface area contributed by atoms with Crippen molar-refractivity contribution in [2.24, 2.45) is 0 Å². The average Bonchev–Trinajstić information content (AvgIpc) is 2.74. The van der Waals surface area contributed by atoms with Crippen molar-refractivity contribution in [2.45, 2.75) is 13.8 Å². The second-order valence-electron chi connectivity index (χ2n) is 6.74. The fourth-order valence-electron chi connectivity index (χ4n) is 3.51. The van der Waals surface area contributed by atoms with Gasteiger partial charge in [0, 0.05) is 5.39 Å². The van der Waals surface area contributed by atoms with Gasteiger partial charge >= 0.3 is 0 Å². The zero-order chi connectivity index (χ0) is 20.7. The Morgan fingerprint density at radius 1 is 1.13 bits per heavy atom. The number of ether oxygens (including phenoxy) is 3. The topological polar surface area (TPSA) is 111 Å². The smallest absolute Gasteiger partial charge is 0.263 e. The highest BCUT2D eigenvalue weighted by Gasteiger charge is 2.19. The van der Waals surface area contributed by atoms with E-state index in [1.165, 1.54) is 0 Å². The highest BCUT2D eigenvalue weighted by Crippen LogP contribution is 2.37. The third-order valence-corrected chi connectivity index (χ3v) is 4.79. The molecule has 0 amide bonds. The van der Waals surface area contributed by atoms with Gasteiger partial charge in [0.2, 0.25) is 11.9 Å². The van der Waals surface area contributed by atoms with E-state index in [2.05, 4.69) is 25.3 Å². The van der Waals surface area contributed by atoms with Crippen molar-refractivity contribution in [1.82, 2.24) is 19.9 Å². The molecular weight excluding hydrogens is 386 g/mol. The highest BCUT2D eigenvalue weighted by molar-refractivity contribution is 5.90. The van der Waals surface area contributed by atoms with E-state index in [4.69, 9.17) is 14.2 Å². The van der Waals surface area contributed by atoms with Gasteiger partial charge in [-0.05, 0) is 38.1 Å². The van der Waals surface area contributed by atoms with E-state index in [9.17, 15) is 4.79 Å². The van der Waals surface area contributed by atoms with E-state index in [1.54, 1.807) is 18.2 Å². The lowest BCUT2D eigenvalue weighted by molar-refractivity contribution is 0.173. The number of nitrogens with one attached hydrogen (secondary N) is 2. The zero-order valence-corrected chi connectivity index (χ0v) is 16.5. The quantitative estimate of drug-likeness (QED) is 0.533. The molecule has 0 saturated carbocycles. The first kappa shape index (κ1) is 18.2. The summed E-state index contributed by atoms with van der Waals surface area (Å²) in [6, 6.07) is 9.07. The van der Waals surface area contributed by atoms with Crippen molar-refractivity contribution in [3.05, 3.63) is 46.4 Å². The predicted molar refractivity (Wildman–Crippen MR) is 112 cm³/mol. The van der Waals surface area contributed by atoms with Crippen molar-refractivity contribution >= 4 is 33.7 Å². The summed E-state index contributed by atoms with van der Waals surface area (Å²) < 4.78 is 17.0. The molecule has 0 unspecified atom stereocenters. The first-order valence-corrected chi connectivity index (χ1v) is 9.64. The Hall–Kier alpha value is -3.88. The van der Waals surface area contributed by atoms with E-state index < -0.39 is 0 Å². The summed E-state index contributed by atoms with van der Waals surface area (Å²) in [5, 5.41) is 4.27. The Kier molecular flexibility index (Phi) is 4.35. The summed E-state index contributed by atoms with van der Waals surface area (Å²) in [5.74, 6) is 2.27. The van der Waals surface area contributed by atoms with E-state index in [-0.39, 0.29) is 11.5 Å². The van der Waals surface area contributed by atoms with Crippen molar-refractivity contribution in [2.75, 3.05) is 25.1 Å². The molecule has 1 aliphatic rings. The summed E-state index contributed by atoms with van der Waals surface area (Å²) >= 11 is 0. The van der Waals surface area contributed by atoms with Gasteiger partial charge in [0.15, 0.2) is 11.5 Å². The molecule has 152 valence electrons. The third kappa shape index (κ3) is 3.04. The van der Waals surface area contributed by atoms with Crippen LogP contribution >= 0.6 is 0 Å². The van der Waals surface area contributed by atoms with Crippen LogP contribution in [-0.4, -0.2) is 39.8 Å². The predicted octanol–water partition coefficient (Wildman–Crippen LogP) is 3.09. The molecule has 4 aromatic rings. The van der Waals surface area contributed by atoms with Crippen LogP contribution in [-0.2, 0) is 0 Å². The van der Waals surface area contributed by atoms with E-state index in [1.807, 2.05) is 26.0 Å². The Morgan fingerprint density at radius 3 is 2.87 bits per heavy atom. The van der Waals surface area contributed by atoms with Gasteiger partial charge in [0.25, 0.3) is 5.56 Å². The Morgan fingerprint density at radius 2 is 2.00 bits per heavy atom. The first-order chi connectivity index (χ1) is 14.6. The largest absolute Gasteiger partial charge is 0.493 e. The molecule has 9 heteroatoms. The van der Waals surface area contributed by atoms with Gasteiger partial charge in [-0.2, -0.15) is 0 Å². The number of aromatic amines is 1. The lowest BCUT2D eigenvalue weighted by atomic mass is 10.1. The van der Waals surface area contributed by atoms with Crippen LogP contribution in [0.15, 0.2) is 35.1 Å². The molecule has 0 radical (unpaired) electrons. The summed E-state index contributed by atoms with van der Waals surface area (Å²) in [4.78, 5) is 29.0. The van der Waals surface area contributed by atoms with Gasteiger partial charge in [-0.1, -0.05) is 6.07 Å². The summed E-state index contributed by atoms with van der Waals surface area (Å²) in [7, 11) is 0. The van der Waals surface area contributed by atoms with Gasteiger partial charge in [-0.25, -0.2) is 15.0 Å². The molecular formula is C21H19N5O4. The van der Waals surface area contributed by atoms with Crippen LogP contribution in [0.1, 0.15) is 12.6 Å². The van der Waals surface area contributed by atoms with Crippen LogP contribution in [0.4, 0.5) is 11.9 Å². The number of anilines is 2. The van der Waals surface area contributed by atoms with E-state index in [0.29, 0.717) is 59.4 Å². The first-order valence-electron chi connectivity index (χ1n) is 9.64. The molecule has 0 aliphatic carbocycles. The lowest BCUT2D eigenvalue weighted by Gasteiger charge is -2.20. The second kappa shape index (κ2) is 7.18. The van der Waals surface area contributed by atoms with Crippen molar-refractivity contribution in [1.29, 1.82) is 0 Å². The second-order valence-corrected chi connectivity index (χ2v) is 6.74. The minimum Gasteiger partial charge on any atom is -0.493 e. The maximum absolute atomic E-state index is 12.7. The van der Waals surface area contributed by atoms with Crippen LogP contribution in [0.2, 0.25) is 0 Å². The number of benzene rings is 2. The zero-order valence-electron chi connectivity index (χ0n) is 16.5. The van der Waals surface area contributed by atoms with Crippen LogP contribution < -0.4 is 25.1 Å². The number of hydrogen-bond acceptors (Lipinski definition) is 8. The minimum absolute atomic E-state index is 0.238. The number of rotatable bonds is 4. The highest BCUT2D eigenvalue weighted by atomic mass is 16.6. The van der Waals surface area contributed by atoms with Crippen molar-refractivity contribution in [3.8, 4) is 17.2 Å². The van der Waals surface area contributed by atoms with Crippen molar-refractivity contribution < 1.29 is 14.2 Å². The monoisotopic (exact) mass is 405 g/mol. The molecule has 0 atom stereocenters. The van der Waals surface area contributed by atoms with E-state index in [0.717, 1.165) is 11.1 Å². The number of aryl methyl sites for hydroxylation is 1. The standard InChI is InChI=1S/C21H19N5O4/c1-3-28-14-6-4-5-13-16(14)19(27)25-21(23-13)26-20-22-11(2)12-7-8-15-18(17(12)24-20)30-10-9-29-15/h4-8H,3,9-10H2,1-2H3,(H2,22,23,24,25,26,27). The molecule has 0 saturated heterocycles. The minimum atomic E-state index is -0.307. The molecule has 2 aromatic heterocycles. The van der Waals surface area contributed by atoms with Gasteiger partial charge in [-0.3, -0.25) is 15.1 Å². The Labute approximate surface area is 171 Å². The van der Waals surface area contributed by atoms with Crippen LogP contribution in [0, 0.1) is 6.92 Å². The van der Waals surface area contributed by atoms with E-state index >= 15 is 0 Å². The van der Waals surface area contributed by atoms with Gasteiger partial charge in [0.05, 0.1) is 17.8 Å². The molecule has 30 heavy (non-hydrogen) atoms. The van der Waals surface area contributed by atoms with Crippen LogP contribution in [0.5, 0.6) is 17.2 Å². The molecule has 2 aromatic carbocycles. The Bertz CT molecular complexity index is 1330. The lowest BCUT2D eigenvalue weighted by Crippen LogP contribution is -2.16. The van der Waals surface area contributed by atoms with Crippen LogP contribution in [0.25, 0.3) is 21.8 Å². The number of fused-ring (bicyclic) bond motifs is 4. The molecule has 0 fully saturated rings. The fraction of sp³-hybridized carbons (Fsp3) is 0.238. The maximum Gasteiger partial charge on any atom is 0.263 e. The molecule has 1 aliphatic heterocycles. The summed E-state index contributed by atoms with van der Waals surface area (Å²) in [6.45, 7) is 5.16. The van der Waals surface area contributed by atoms with Crippen molar-refractivity contribution in [3.63, 3.8) is 0 Å². The Balaban J connectivity index is 1.59. The number of nitrogens with zero attached hydrogens (tertiary/aromatic N) is 3. The normalized spacial score (nSPS) is 12.9. The molecule has 0 bridgehead atoms. The van der Waals surface area contributed by atoms with Crippen LogP contribution in [0.3, 0.4) is 0 Å². The third-order valence-electron chi connectivity index (χ3n) is 4.79. The van der Waals surface area contributed by atoms with Gasteiger partial charge < -0.3 is 14.2 Å². The van der Waals surface area contributed by atoms with Gasteiger partial charge in [-0.15, -0.1) is 0 Å². The number of aromatic nitrogens is 4. The molecule has 5 rings (SSSR count). The SMILES string of the molecule is CCOc1cccc2nc(Nc3nc(C)c4ccc5c(c4n3)OCCO5)[nH]c(=O)c12. The summed E-state index contributed by atoms with van der Waals surface area (Å²) in [6.07, 6.45) is 0. The maximum atomic E-state index is 12.7. The number of hydrogen-bond donors (Lipinski definition) is 2. The number of H-pyrrole nitrogens is 1. The molecule has 0 spiro atoms. The summed E-state index contributed by atoms with van der Waals surface area (Å²) in [5.41, 5.74) is 1.61. The molecule has 3 heterocycles. The average molecular weight is 405 g/mol. The molecule has 2 N–H and O–H groups in total.